The summed E-state index contributed by atoms with van der Waals surface area (Å²) in [7, 11) is -2.89. The van der Waals surface area contributed by atoms with Gasteiger partial charge in [-0.2, -0.15) is 0 Å². The normalized spacial score (nSPS) is 17.4. The molecule has 1 saturated heterocycles. The van der Waals surface area contributed by atoms with Gasteiger partial charge in [-0.25, -0.2) is 0 Å². The molecule has 5 aromatic rings. The zero-order chi connectivity index (χ0) is 37.0. The SMILES string of the molecule is CC(C)(C)OC(=O)N[C@@H]1C(=O)N2C(C(=O)OC(c3ccccc3)c3ccccc3)=C(C[PH](c3ccccc3)(c3ccccc3)c3ccccc3)CS[C@@H]12. The fourth-order valence-electron chi connectivity index (χ4n) is 7.28. The van der Waals surface area contributed by atoms with Crippen LogP contribution < -0.4 is 21.2 Å². The van der Waals surface area contributed by atoms with Crippen LogP contribution in [-0.2, 0) is 19.1 Å². The molecule has 0 radical (unpaired) electrons. The number of carbonyl (C=O) groups excluding carboxylic acids is 3. The van der Waals surface area contributed by atoms with Crippen LogP contribution in [0.4, 0.5) is 4.79 Å². The molecule has 7 nitrogen and oxygen atoms in total. The molecule has 2 amide bonds. The summed E-state index contributed by atoms with van der Waals surface area (Å²) in [6, 6.07) is 50.0. The third-order valence-corrected chi connectivity index (χ3v) is 15.9. The second kappa shape index (κ2) is 15.4. The van der Waals surface area contributed by atoms with Crippen molar-refractivity contribution in [2.75, 3.05) is 11.9 Å². The molecule has 0 saturated carbocycles. The van der Waals surface area contributed by atoms with Crippen molar-refractivity contribution in [2.24, 2.45) is 0 Å². The van der Waals surface area contributed by atoms with Crippen molar-refractivity contribution in [3.05, 3.63) is 174 Å². The fourth-order valence-corrected chi connectivity index (χ4v) is 13.6. The van der Waals surface area contributed by atoms with E-state index in [0.717, 1.165) is 16.7 Å². The number of amides is 2. The van der Waals surface area contributed by atoms with Gasteiger partial charge in [-0.15, -0.1) is 0 Å². The number of hydrogen-bond acceptors (Lipinski definition) is 6. The van der Waals surface area contributed by atoms with Crippen molar-refractivity contribution in [2.45, 2.75) is 43.9 Å². The van der Waals surface area contributed by atoms with Crippen LogP contribution in [0, 0.1) is 0 Å². The Labute approximate surface area is 315 Å². The number of alkyl carbamates (subject to hydrolysis) is 1. The standard InChI is InChI=1S/C44H43N2O5PS/c1-44(2,3)51-43(49)45-37-40(47)46-38(42(48)50-39(31-19-9-4-10-20-31)32-21-11-5-12-22-32)33(30-53-41(37)46)29-52(34-23-13-6-14-24-34,35-25-15-7-16-26-35)36-27-17-8-18-28-36/h4-28,37,39,41,52H,29-30H2,1-3H3,(H,45,49)/t37-,41+/m1/s1. The van der Waals surface area contributed by atoms with Crippen LogP contribution in [0.3, 0.4) is 0 Å². The average Bonchev–Trinajstić information content (AvgIpc) is 3.18. The number of fused-ring (bicyclic) bond motifs is 1. The predicted octanol–water partition coefficient (Wildman–Crippen LogP) is 7.11. The molecule has 2 heterocycles. The van der Waals surface area contributed by atoms with E-state index in [1.54, 1.807) is 37.4 Å². The van der Waals surface area contributed by atoms with Gasteiger partial charge < -0.3 is 0 Å². The Balaban J connectivity index is 1.36. The number of esters is 1. The summed E-state index contributed by atoms with van der Waals surface area (Å²) in [5.74, 6) is -0.488. The number of carbonyl (C=O) groups is 3. The molecular formula is C44H43N2O5PS. The van der Waals surface area contributed by atoms with Gasteiger partial charge in [0.25, 0.3) is 0 Å². The number of benzene rings is 5. The van der Waals surface area contributed by atoms with E-state index >= 15 is 0 Å². The van der Waals surface area contributed by atoms with Crippen LogP contribution in [0.2, 0.25) is 0 Å². The monoisotopic (exact) mass is 742 g/mol. The van der Waals surface area contributed by atoms with Crippen molar-refractivity contribution >= 4 is 52.9 Å². The first-order valence-corrected chi connectivity index (χ1v) is 21.0. The molecule has 9 heteroatoms. The zero-order valence-corrected chi connectivity index (χ0v) is 31.8. The maximum absolute atomic E-state index is 14.9. The molecular weight excluding hydrogens is 700 g/mol. The van der Waals surface area contributed by atoms with Crippen molar-refractivity contribution < 1.29 is 23.9 Å². The average molecular weight is 743 g/mol. The molecule has 2 aliphatic rings. The van der Waals surface area contributed by atoms with Gasteiger partial charge in [0.05, 0.1) is 0 Å². The number of β-lactam (4-membered cyclic amide) rings is 1. The summed E-state index contributed by atoms with van der Waals surface area (Å²) in [5.41, 5.74) is 1.98. The van der Waals surface area contributed by atoms with Gasteiger partial charge in [0.1, 0.15) is 0 Å². The molecule has 2 atom stereocenters. The first-order chi connectivity index (χ1) is 25.7. The Kier molecular flexibility index (Phi) is 10.5. The zero-order valence-electron chi connectivity index (χ0n) is 30.0. The summed E-state index contributed by atoms with van der Waals surface area (Å²) in [4.78, 5) is 43.5. The Hall–Kier alpha value is -5.17. The fraction of sp³-hybridized carbons (Fsp3) is 0.205. The molecule has 270 valence electrons. The van der Waals surface area contributed by atoms with Crippen LogP contribution >= 0.6 is 19.0 Å². The molecule has 0 spiro atoms. The topological polar surface area (TPSA) is 84.9 Å². The molecule has 0 bridgehead atoms. The molecule has 0 aliphatic carbocycles. The minimum atomic E-state index is -2.89. The number of nitrogens with zero attached hydrogens (tertiary/aromatic N) is 1. The number of thioether (sulfide) groups is 1. The van der Waals surface area contributed by atoms with Crippen LogP contribution in [0.15, 0.2) is 163 Å². The molecule has 53 heavy (non-hydrogen) atoms. The van der Waals surface area contributed by atoms with Crippen molar-refractivity contribution in [1.82, 2.24) is 10.2 Å². The van der Waals surface area contributed by atoms with Crippen LogP contribution in [-0.4, -0.2) is 51.8 Å². The van der Waals surface area contributed by atoms with Gasteiger partial charge in [0.2, 0.25) is 0 Å². The maximum atomic E-state index is 14.9. The second-order valence-electron chi connectivity index (χ2n) is 14.3. The summed E-state index contributed by atoms with van der Waals surface area (Å²) < 4.78 is 12.0. The van der Waals surface area contributed by atoms with E-state index in [9.17, 15) is 14.4 Å². The van der Waals surface area contributed by atoms with Crippen molar-refractivity contribution in [3.63, 3.8) is 0 Å². The summed E-state index contributed by atoms with van der Waals surface area (Å²) in [5, 5.41) is 5.84. The van der Waals surface area contributed by atoms with E-state index in [1.807, 2.05) is 78.9 Å². The van der Waals surface area contributed by atoms with E-state index in [0.29, 0.717) is 11.9 Å². The molecule has 0 unspecified atom stereocenters. The predicted molar refractivity (Wildman–Crippen MR) is 216 cm³/mol. The van der Waals surface area contributed by atoms with Gasteiger partial charge in [0, 0.05) is 0 Å². The Morgan fingerprint density at radius 2 is 1.17 bits per heavy atom. The van der Waals surface area contributed by atoms with Crippen LogP contribution in [0.5, 0.6) is 0 Å². The van der Waals surface area contributed by atoms with Gasteiger partial charge in [0.15, 0.2) is 0 Å². The first-order valence-electron chi connectivity index (χ1n) is 17.8. The minimum absolute atomic E-state index is 0.248. The summed E-state index contributed by atoms with van der Waals surface area (Å²) in [6.07, 6.45) is -0.852. The summed E-state index contributed by atoms with van der Waals surface area (Å²) in [6.45, 7) is 5.33. The Bertz CT molecular complexity index is 1960. The van der Waals surface area contributed by atoms with E-state index in [2.05, 4.69) is 78.1 Å². The van der Waals surface area contributed by atoms with Crippen LogP contribution in [0.25, 0.3) is 0 Å². The number of ether oxygens (including phenoxy) is 2. The molecule has 1 fully saturated rings. The number of rotatable bonds is 10. The van der Waals surface area contributed by atoms with Crippen LogP contribution in [0.1, 0.15) is 38.0 Å². The Morgan fingerprint density at radius 1 is 0.736 bits per heavy atom. The van der Waals surface area contributed by atoms with Crippen molar-refractivity contribution in [3.8, 4) is 0 Å². The first kappa shape index (κ1) is 36.2. The molecule has 1 N–H and O–H groups in total. The van der Waals surface area contributed by atoms with E-state index in [-0.39, 0.29) is 11.6 Å². The van der Waals surface area contributed by atoms with Gasteiger partial charge in [-0.1, -0.05) is 0 Å². The van der Waals surface area contributed by atoms with Gasteiger partial charge in [-0.05, 0) is 0 Å². The van der Waals surface area contributed by atoms with E-state index in [4.69, 9.17) is 9.47 Å². The molecule has 0 aromatic heterocycles. The second-order valence-corrected chi connectivity index (χ2v) is 19.3. The quantitative estimate of drug-likeness (QED) is 0.0934. The summed E-state index contributed by atoms with van der Waals surface area (Å²) >= 11 is 1.54. The van der Waals surface area contributed by atoms with E-state index < -0.39 is 42.4 Å². The molecule has 2 aliphatic heterocycles. The number of nitrogens with one attached hydrogen (secondary N) is 1. The molecule has 7 rings (SSSR count). The third-order valence-electron chi connectivity index (χ3n) is 9.62. The van der Waals surface area contributed by atoms with Crippen molar-refractivity contribution in [1.29, 1.82) is 0 Å². The van der Waals surface area contributed by atoms with E-state index in [1.165, 1.54) is 15.9 Å². The van der Waals surface area contributed by atoms with Gasteiger partial charge in [-0.3, -0.25) is 0 Å². The Morgan fingerprint density at radius 3 is 1.60 bits per heavy atom. The molecule has 5 aromatic carbocycles. The third kappa shape index (κ3) is 7.53. The number of hydrogen-bond donors (Lipinski definition) is 1. The van der Waals surface area contributed by atoms with Gasteiger partial charge >= 0.3 is 317 Å².